The van der Waals surface area contributed by atoms with Crippen molar-refractivity contribution in [2.24, 2.45) is 0 Å². The summed E-state index contributed by atoms with van der Waals surface area (Å²) in [5, 5.41) is 12.4. The molecule has 3 nitrogen and oxygen atoms in total. The molecule has 0 saturated heterocycles. The van der Waals surface area contributed by atoms with Crippen LogP contribution in [0.25, 0.3) is 0 Å². The van der Waals surface area contributed by atoms with Crippen molar-refractivity contribution in [3.8, 4) is 5.75 Å². The highest BCUT2D eigenvalue weighted by Gasteiger charge is 2.15. The molecule has 0 radical (unpaired) electrons. The smallest absolute Gasteiger partial charge is 0.257 e. The van der Waals surface area contributed by atoms with Crippen LogP contribution >= 0.6 is 43.2 Å². The minimum absolute atomic E-state index is 0.165. The van der Waals surface area contributed by atoms with E-state index in [2.05, 4.69) is 37.2 Å². The highest BCUT2D eigenvalue weighted by Crippen LogP contribution is 2.33. The summed E-state index contributed by atoms with van der Waals surface area (Å²) in [6, 6.07) is 6.78. The van der Waals surface area contributed by atoms with Gasteiger partial charge in [-0.05, 0) is 57.0 Å². The largest absolute Gasteiger partial charge is 0.508 e. The molecule has 1 aromatic heterocycles. The molecule has 2 N–H and O–H groups in total. The van der Waals surface area contributed by atoms with Crippen LogP contribution in [0.4, 0.5) is 5.69 Å². The molecule has 94 valence electrons. The Labute approximate surface area is 125 Å². The number of rotatable bonds is 2. The van der Waals surface area contributed by atoms with Gasteiger partial charge in [0.1, 0.15) is 5.75 Å². The summed E-state index contributed by atoms with van der Waals surface area (Å²) in [5.41, 5.74) is 1.82. The number of hydrogen-bond acceptors (Lipinski definition) is 3. The number of halogens is 2. The summed E-state index contributed by atoms with van der Waals surface area (Å²) in [6.07, 6.45) is 0. The average molecular weight is 391 g/mol. The number of carbonyl (C=O) groups excluding carboxylic acids is 1. The van der Waals surface area contributed by atoms with E-state index >= 15 is 0 Å². The maximum absolute atomic E-state index is 12.1. The van der Waals surface area contributed by atoms with E-state index in [9.17, 15) is 9.90 Å². The first-order valence-electron chi connectivity index (χ1n) is 5.04. The highest BCUT2D eigenvalue weighted by atomic mass is 79.9. The first-order chi connectivity index (χ1) is 8.49. The number of nitrogens with one attached hydrogen (secondary N) is 1. The summed E-state index contributed by atoms with van der Waals surface area (Å²) in [4.78, 5) is 12.1. The van der Waals surface area contributed by atoms with Crippen LogP contribution in [0.2, 0.25) is 0 Å². The second-order valence-electron chi connectivity index (χ2n) is 3.64. The van der Waals surface area contributed by atoms with Gasteiger partial charge in [0.05, 0.1) is 13.1 Å². The third kappa shape index (κ3) is 2.76. The number of carbonyl (C=O) groups is 1. The third-order valence-electron chi connectivity index (χ3n) is 2.45. The van der Waals surface area contributed by atoms with Crippen LogP contribution in [0.3, 0.4) is 0 Å². The maximum atomic E-state index is 12.1. The lowest BCUT2D eigenvalue weighted by Crippen LogP contribution is -2.12. The number of benzene rings is 1. The molecule has 0 unspecified atom stereocenters. The molecule has 1 amide bonds. The molecule has 0 spiro atoms. The predicted octanol–water partition coefficient (Wildman–Crippen LogP) is 4.54. The number of hydrogen-bond donors (Lipinski definition) is 2. The second kappa shape index (κ2) is 5.42. The van der Waals surface area contributed by atoms with Crippen molar-refractivity contribution >= 4 is 54.8 Å². The molecule has 0 aliphatic heterocycles. The van der Waals surface area contributed by atoms with E-state index in [-0.39, 0.29) is 11.7 Å². The van der Waals surface area contributed by atoms with Gasteiger partial charge in [0, 0.05) is 11.3 Å². The minimum Gasteiger partial charge on any atom is -0.508 e. The number of thiophene rings is 1. The van der Waals surface area contributed by atoms with Gasteiger partial charge in [-0.1, -0.05) is 6.07 Å². The first-order valence-corrected chi connectivity index (χ1v) is 7.44. The molecule has 2 rings (SSSR count). The van der Waals surface area contributed by atoms with Gasteiger partial charge in [0.25, 0.3) is 5.91 Å². The Hall–Kier alpha value is -0.850. The number of aromatic hydroxyl groups is 1. The topological polar surface area (TPSA) is 49.3 Å². The number of amides is 1. The molecule has 2 aromatic rings. The lowest BCUT2D eigenvalue weighted by atomic mass is 10.1. The number of phenolic OH excluding ortho intramolecular Hbond substituents is 1. The standard InChI is InChI=1S/C12H9Br2NO2S/c1-6-8(3-2-4-9(6)16)15-12(17)7-5-10(13)18-11(7)14/h2-5,16H,1H3,(H,15,17). The zero-order valence-corrected chi connectivity index (χ0v) is 13.3. The lowest BCUT2D eigenvalue weighted by molar-refractivity contribution is 0.102. The number of anilines is 1. The fourth-order valence-corrected chi connectivity index (χ4v) is 4.24. The summed E-state index contributed by atoms with van der Waals surface area (Å²) in [7, 11) is 0. The first kappa shape index (κ1) is 13.6. The van der Waals surface area contributed by atoms with Crippen molar-refractivity contribution in [1.29, 1.82) is 0 Å². The van der Waals surface area contributed by atoms with Gasteiger partial charge in [0.2, 0.25) is 0 Å². The molecule has 0 aliphatic carbocycles. The SMILES string of the molecule is Cc1c(O)cccc1NC(=O)c1cc(Br)sc1Br. The van der Waals surface area contributed by atoms with E-state index in [4.69, 9.17) is 0 Å². The van der Waals surface area contributed by atoms with Crippen LogP contribution in [0.1, 0.15) is 15.9 Å². The molecule has 0 atom stereocenters. The van der Waals surface area contributed by atoms with Crippen molar-refractivity contribution in [3.05, 3.63) is 43.0 Å². The summed E-state index contributed by atoms with van der Waals surface area (Å²) in [6.45, 7) is 1.75. The fraction of sp³-hybridized carbons (Fsp3) is 0.0833. The maximum Gasteiger partial charge on any atom is 0.257 e. The van der Waals surface area contributed by atoms with E-state index in [1.165, 1.54) is 11.3 Å². The normalized spacial score (nSPS) is 10.4. The molecular formula is C12H9Br2NO2S. The van der Waals surface area contributed by atoms with Gasteiger partial charge in [-0.3, -0.25) is 4.79 Å². The highest BCUT2D eigenvalue weighted by molar-refractivity contribution is 9.12. The average Bonchev–Trinajstić information content (AvgIpc) is 2.64. The fourth-order valence-electron chi connectivity index (χ4n) is 1.44. The van der Waals surface area contributed by atoms with Crippen molar-refractivity contribution in [2.75, 3.05) is 5.32 Å². The summed E-state index contributed by atoms with van der Waals surface area (Å²) < 4.78 is 1.65. The Morgan fingerprint density at radius 3 is 2.72 bits per heavy atom. The van der Waals surface area contributed by atoms with E-state index in [1.54, 1.807) is 31.2 Å². The Morgan fingerprint density at radius 2 is 2.11 bits per heavy atom. The van der Waals surface area contributed by atoms with E-state index < -0.39 is 0 Å². The molecular weight excluding hydrogens is 382 g/mol. The monoisotopic (exact) mass is 389 g/mol. The van der Waals surface area contributed by atoms with E-state index in [0.717, 1.165) is 7.57 Å². The van der Waals surface area contributed by atoms with Crippen molar-refractivity contribution in [2.45, 2.75) is 6.92 Å². The van der Waals surface area contributed by atoms with Gasteiger partial charge < -0.3 is 10.4 Å². The zero-order chi connectivity index (χ0) is 13.3. The van der Waals surface area contributed by atoms with Crippen molar-refractivity contribution < 1.29 is 9.90 Å². The zero-order valence-electron chi connectivity index (χ0n) is 9.33. The van der Waals surface area contributed by atoms with Crippen LogP contribution < -0.4 is 5.32 Å². The Kier molecular flexibility index (Phi) is 4.09. The van der Waals surface area contributed by atoms with Crippen LogP contribution in [0.15, 0.2) is 31.8 Å². The minimum atomic E-state index is -0.211. The molecule has 0 aliphatic rings. The van der Waals surface area contributed by atoms with Crippen LogP contribution in [-0.2, 0) is 0 Å². The predicted molar refractivity (Wildman–Crippen MR) is 80.5 cm³/mol. The van der Waals surface area contributed by atoms with Gasteiger partial charge in [-0.25, -0.2) is 0 Å². The molecule has 0 saturated carbocycles. The third-order valence-corrected chi connectivity index (χ3v) is 4.79. The second-order valence-corrected chi connectivity index (χ2v) is 7.39. The lowest BCUT2D eigenvalue weighted by Gasteiger charge is -2.08. The molecule has 6 heteroatoms. The molecule has 18 heavy (non-hydrogen) atoms. The Balaban J connectivity index is 2.27. The van der Waals surface area contributed by atoms with E-state index in [0.29, 0.717) is 16.8 Å². The number of phenols is 1. The molecule has 0 fully saturated rings. The van der Waals surface area contributed by atoms with E-state index in [1.807, 2.05) is 0 Å². The van der Waals surface area contributed by atoms with Crippen LogP contribution in [0.5, 0.6) is 5.75 Å². The van der Waals surface area contributed by atoms with Crippen molar-refractivity contribution in [1.82, 2.24) is 0 Å². The molecule has 1 heterocycles. The van der Waals surface area contributed by atoms with Gasteiger partial charge in [-0.2, -0.15) is 0 Å². The Bertz CT molecular complexity index is 610. The Morgan fingerprint density at radius 1 is 1.39 bits per heavy atom. The van der Waals surface area contributed by atoms with Crippen LogP contribution in [-0.4, -0.2) is 11.0 Å². The summed E-state index contributed by atoms with van der Waals surface area (Å²) in [5.74, 6) is -0.0455. The van der Waals surface area contributed by atoms with Gasteiger partial charge in [-0.15, -0.1) is 11.3 Å². The van der Waals surface area contributed by atoms with Crippen molar-refractivity contribution in [3.63, 3.8) is 0 Å². The summed E-state index contributed by atoms with van der Waals surface area (Å²) >= 11 is 8.11. The van der Waals surface area contributed by atoms with Gasteiger partial charge in [0.15, 0.2) is 0 Å². The molecule has 0 bridgehead atoms. The molecule has 1 aromatic carbocycles. The van der Waals surface area contributed by atoms with Gasteiger partial charge >= 0.3 is 0 Å². The van der Waals surface area contributed by atoms with Crippen LogP contribution in [0, 0.1) is 6.92 Å². The quantitative estimate of drug-likeness (QED) is 0.790.